The second-order valence-electron chi connectivity index (χ2n) is 3.67. The lowest BCUT2D eigenvalue weighted by Crippen LogP contribution is -2.21. The fraction of sp³-hybridized carbons (Fsp3) is 0.600. The summed E-state index contributed by atoms with van der Waals surface area (Å²) in [5.74, 6) is -0.0270. The van der Waals surface area contributed by atoms with E-state index >= 15 is 0 Å². The largest absolute Gasteiger partial charge is 0.322 e. The molecule has 0 bridgehead atoms. The fourth-order valence-electron chi connectivity index (χ4n) is 1.09. The van der Waals surface area contributed by atoms with Gasteiger partial charge >= 0.3 is 0 Å². The van der Waals surface area contributed by atoms with Gasteiger partial charge < -0.3 is 5.32 Å². The number of nitrogens with zero attached hydrogens (tertiary/aromatic N) is 2. The normalized spacial score (nSPS) is 12.9. The molecule has 0 saturated heterocycles. The van der Waals surface area contributed by atoms with Crippen molar-refractivity contribution in [2.75, 3.05) is 5.32 Å². The van der Waals surface area contributed by atoms with Crippen LogP contribution in [-0.2, 0) is 4.79 Å². The smallest absolute Gasteiger partial charge is 0.238 e. The Morgan fingerprint density at radius 3 is 2.80 bits per heavy atom. The van der Waals surface area contributed by atoms with Crippen LogP contribution in [0.2, 0.25) is 0 Å². The van der Waals surface area contributed by atoms with Crippen LogP contribution >= 0.6 is 15.9 Å². The monoisotopic (exact) mass is 273 g/mol. The lowest BCUT2D eigenvalue weighted by atomic mass is 10.3. The van der Waals surface area contributed by atoms with Crippen LogP contribution in [0.4, 0.5) is 5.69 Å². The second-order valence-corrected chi connectivity index (χ2v) is 4.77. The molecule has 4 nitrogen and oxygen atoms in total. The molecular formula is C10H16BrN3O. The molecule has 0 radical (unpaired) electrons. The highest BCUT2D eigenvalue weighted by atomic mass is 79.9. The van der Waals surface area contributed by atoms with E-state index in [1.807, 2.05) is 31.6 Å². The predicted molar refractivity (Wildman–Crippen MR) is 64.2 cm³/mol. The third kappa shape index (κ3) is 3.34. The van der Waals surface area contributed by atoms with Crippen LogP contribution < -0.4 is 5.32 Å². The van der Waals surface area contributed by atoms with Crippen LogP contribution in [0.5, 0.6) is 0 Å². The minimum atomic E-state index is -0.139. The Balaban J connectivity index is 2.61. The number of carbonyl (C=O) groups is 1. The number of alkyl halides is 1. The van der Waals surface area contributed by atoms with E-state index in [1.54, 1.807) is 6.20 Å². The molecule has 5 heteroatoms. The third-order valence-electron chi connectivity index (χ3n) is 2.04. The van der Waals surface area contributed by atoms with E-state index in [0.717, 1.165) is 12.1 Å². The number of amides is 1. The molecular weight excluding hydrogens is 258 g/mol. The summed E-state index contributed by atoms with van der Waals surface area (Å²) in [6, 6.07) is 0.307. The molecule has 1 heterocycles. The molecule has 0 aliphatic rings. The Labute approximate surface area is 98.2 Å². The van der Waals surface area contributed by atoms with Crippen molar-refractivity contribution in [3.05, 3.63) is 12.4 Å². The van der Waals surface area contributed by atoms with Crippen LogP contribution in [0.25, 0.3) is 0 Å². The van der Waals surface area contributed by atoms with Crippen LogP contribution in [0.15, 0.2) is 12.4 Å². The molecule has 0 aliphatic carbocycles. The summed E-state index contributed by atoms with van der Waals surface area (Å²) in [5, 5.41) is 6.94. The maximum atomic E-state index is 11.5. The predicted octanol–water partition coefficient (Wildman–Crippen LogP) is 2.58. The maximum Gasteiger partial charge on any atom is 0.238 e. The first kappa shape index (κ1) is 12.2. The third-order valence-corrected chi connectivity index (χ3v) is 3.10. The summed E-state index contributed by atoms with van der Waals surface area (Å²) < 4.78 is 1.81. The number of aromatic nitrogens is 2. The summed E-state index contributed by atoms with van der Waals surface area (Å²) >= 11 is 3.30. The summed E-state index contributed by atoms with van der Waals surface area (Å²) in [7, 11) is 0. The van der Waals surface area contributed by atoms with Gasteiger partial charge in [0.25, 0.3) is 0 Å². The van der Waals surface area contributed by atoms with E-state index in [9.17, 15) is 4.79 Å². The van der Waals surface area contributed by atoms with Gasteiger partial charge in [-0.25, -0.2) is 0 Å². The van der Waals surface area contributed by atoms with Crippen LogP contribution in [-0.4, -0.2) is 20.5 Å². The lowest BCUT2D eigenvalue weighted by molar-refractivity contribution is -0.115. The molecule has 84 valence electrons. The van der Waals surface area contributed by atoms with Crippen molar-refractivity contribution >= 4 is 27.5 Å². The van der Waals surface area contributed by atoms with Gasteiger partial charge in [-0.3, -0.25) is 9.48 Å². The van der Waals surface area contributed by atoms with Crippen molar-refractivity contribution in [2.45, 2.75) is 38.1 Å². The highest BCUT2D eigenvalue weighted by molar-refractivity contribution is 9.10. The number of anilines is 1. The van der Waals surface area contributed by atoms with Gasteiger partial charge in [0.2, 0.25) is 5.91 Å². The van der Waals surface area contributed by atoms with Gasteiger partial charge in [-0.15, -0.1) is 0 Å². The second kappa shape index (κ2) is 5.30. The van der Waals surface area contributed by atoms with Crippen molar-refractivity contribution in [1.29, 1.82) is 0 Å². The van der Waals surface area contributed by atoms with Gasteiger partial charge in [-0.2, -0.15) is 5.10 Å². The quantitative estimate of drug-likeness (QED) is 0.858. The van der Waals surface area contributed by atoms with Crippen molar-refractivity contribution in [2.24, 2.45) is 0 Å². The van der Waals surface area contributed by atoms with Gasteiger partial charge in [0, 0.05) is 12.2 Å². The zero-order valence-corrected chi connectivity index (χ0v) is 10.8. The number of rotatable bonds is 4. The van der Waals surface area contributed by atoms with E-state index < -0.39 is 0 Å². The molecule has 1 unspecified atom stereocenters. The summed E-state index contributed by atoms with van der Waals surface area (Å²) in [5.41, 5.74) is 0.742. The molecule has 0 aromatic carbocycles. The van der Waals surface area contributed by atoms with E-state index in [1.165, 1.54) is 0 Å². The van der Waals surface area contributed by atoms with Gasteiger partial charge in [0.1, 0.15) is 0 Å². The van der Waals surface area contributed by atoms with Crippen molar-refractivity contribution < 1.29 is 4.79 Å². The van der Waals surface area contributed by atoms with Crippen molar-refractivity contribution in [1.82, 2.24) is 9.78 Å². The average molecular weight is 274 g/mol. The van der Waals surface area contributed by atoms with Crippen LogP contribution in [0.1, 0.15) is 33.2 Å². The first-order valence-electron chi connectivity index (χ1n) is 5.03. The van der Waals surface area contributed by atoms with Crippen molar-refractivity contribution in [3.63, 3.8) is 0 Å². The first-order chi connectivity index (χ1) is 7.04. The minimum Gasteiger partial charge on any atom is -0.322 e. The lowest BCUT2D eigenvalue weighted by Gasteiger charge is -2.06. The highest BCUT2D eigenvalue weighted by Gasteiger charge is 2.13. The Bertz CT molecular complexity index is 335. The fourth-order valence-corrected chi connectivity index (χ4v) is 1.21. The molecule has 1 atom stereocenters. The molecule has 1 aromatic heterocycles. The molecule has 1 rings (SSSR count). The number of hydrogen-bond donors (Lipinski definition) is 1. The van der Waals surface area contributed by atoms with Gasteiger partial charge in [-0.05, 0) is 20.3 Å². The Morgan fingerprint density at radius 1 is 1.67 bits per heavy atom. The Hall–Kier alpha value is -0.840. The van der Waals surface area contributed by atoms with Crippen molar-refractivity contribution in [3.8, 4) is 0 Å². The van der Waals surface area contributed by atoms with Gasteiger partial charge in [0.05, 0.1) is 16.7 Å². The maximum absolute atomic E-state index is 11.5. The molecule has 0 spiro atoms. The van der Waals surface area contributed by atoms with Crippen LogP contribution in [0.3, 0.4) is 0 Å². The van der Waals surface area contributed by atoms with Gasteiger partial charge in [-0.1, -0.05) is 22.9 Å². The average Bonchev–Trinajstić information content (AvgIpc) is 2.65. The number of hydrogen-bond acceptors (Lipinski definition) is 2. The zero-order valence-electron chi connectivity index (χ0n) is 9.20. The standard InChI is InChI=1S/C10H16BrN3O/c1-4-9(11)10(15)13-8-5-12-14(6-8)7(2)3/h5-7,9H,4H2,1-3H3,(H,13,15). The number of carbonyl (C=O) groups excluding carboxylic acids is 1. The van der Waals surface area contributed by atoms with E-state index in [0.29, 0.717) is 6.04 Å². The molecule has 0 aliphatic heterocycles. The summed E-state index contributed by atoms with van der Waals surface area (Å²) in [6.45, 7) is 6.03. The number of halogens is 1. The topological polar surface area (TPSA) is 46.9 Å². The Kier molecular flexibility index (Phi) is 4.32. The molecule has 0 saturated carbocycles. The summed E-state index contributed by atoms with van der Waals surface area (Å²) in [4.78, 5) is 11.4. The van der Waals surface area contributed by atoms with E-state index in [-0.39, 0.29) is 10.7 Å². The van der Waals surface area contributed by atoms with E-state index in [4.69, 9.17) is 0 Å². The Morgan fingerprint density at radius 2 is 2.33 bits per heavy atom. The molecule has 1 N–H and O–H groups in total. The first-order valence-corrected chi connectivity index (χ1v) is 5.95. The minimum absolute atomic E-state index is 0.0270. The number of nitrogens with one attached hydrogen (secondary N) is 1. The van der Waals surface area contributed by atoms with E-state index in [2.05, 4.69) is 26.3 Å². The molecule has 15 heavy (non-hydrogen) atoms. The summed E-state index contributed by atoms with van der Waals surface area (Å²) in [6.07, 6.45) is 4.26. The van der Waals surface area contributed by atoms with Crippen LogP contribution in [0, 0.1) is 0 Å². The molecule has 1 aromatic rings. The molecule has 0 fully saturated rings. The highest BCUT2D eigenvalue weighted by Crippen LogP contribution is 2.12. The zero-order chi connectivity index (χ0) is 11.4. The molecule has 1 amide bonds. The SMILES string of the molecule is CCC(Br)C(=O)Nc1cnn(C(C)C)c1. The van der Waals surface area contributed by atoms with Gasteiger partial charge in [0.15, 0.2) is 0 Å².